The van der Waals surface area contributed by atoms with E-state index in [0.717, 1.165) is 11.8 Å². The van der Waals surface area contributed by atoms with Gasteiger partial charge in [-0.3, -0.25) is 9.55 Å². The largest absolute Gasteiger partial charge is 0.443 e. The van der Waals surface area contributed by atoms with Crippen LogP contribution in [0.3, 0.4) is 0 Å². The molecule has 0 bridgehead atoms. The van der Waals surface area contributed by atoms with E-state index >= 15 is 0 Å². The first-order valence-electron chi connectivity index (χ1n) is 9.28. The Morgan fingerprint density at radius 2 is 1.97 bits per heavy atom. The van der Waals surface area contributed by atoms with Crippen LogP contribution in [-0.2, 0) is 21.3 Å². The van der Waals surface area contributed by atoms with Crippen LogP contribution in [0.5, 0.6) is 0 Å². The zero-order chi connectivity index (χ0) is 22.3. The maximum absolute atomic E-state index is 14.2. The molecule has 2 heterocycles. The lowest BCUT2D eigenvalue weighted by Gasteiger charge is -2.20. The van der Waals surface area contributed by atoms with Crippen LogP contribution in [0.4, 0.5) is 9.18 Å². The van der Waals surface area contributed by atoms with Crippen molar-refractivity contribution in [3.63, 3.8) is 0 Å². The first kappa shape index (κ1) is 21.9. The van der Waals surface area contributed by atoms with Crippen molar-refractivity contribution in [1.82, 2.24) is 14.3 Å². The lowest BCUT2D eigenvalue weighted by molar-refractivity contribution is 0.0544. The topological polar surface area (TPSA) is 90.3 Å². The van der Waals surface area contributed by atoms with Gasteiger partial charge >= 0.3 is 6.09 Å². The second-order valence-electron chi connectivity index (χ2n) is 8.16. The highest BCUT2D eigenvalue weighted by atomic mass is 32.2. The Morgan fingerprint density at radius 1 is 1.27 bits per heavy atom. The average Bonchev–Trinajstić information content (AvgIpc) is 3.04. The number of halogens is 1. The SMILES string of the molecule is Cc1cnc(-c2cc(F)cc(CNS(C)(=O)=O)c2)c2ccn(C(=O)OC(C)(C)C)c12. The number of nitrogens with one attached hydrogen (secondary N) is 1. The molecule has 30 heavy (non-hydrogen) atoms. The molecule has 0 spiro atoms. The van der Waals surface area contributed by atoms with Crippen LogP contribution in [0.2, 0.25) is 0 Å². The van der Waals surface area contributed by atoms with Gasteiger partial charge in [0, 0.05) is 29.9 Å². The molecule has 0 radical (unpaired) electrons. The molecule has 9 heteroatoms. The summed E-state index contributed by atoms with van der Waals surface area (Å²) < 4.78 is 46.2. The number of hydrogen-bond acceptors (Lipinski definition) is 5. The number of carbonyl (C=O) groups excluding carboxylic acids is 1. The number of ether oxygens (including phenoxy) is 1. The van der Waals surface area contributed by atoms with E-state index in [0.29, 0.717) is 27.7 Å². The Bertz CT molecular complexity index is 1230. The van der Waals surface area contributed by atoms with E-state index in [1.165, 1.54) is 16.7 Å². The molecule has 160 valence electrons. The maximum atomic E-state index is 14.2. The number of pyridine rings is 1. The van der Waals surface area contributed by atoms with Crippen molar-refractivity contribution in [3.8, 4) is 11.3 Å². The van der Waals surface area contributed by atoms with E-state index in [-0.39, 0.29) is 6.54 Å². The number of aryl methyl sites for hydroxylation is 1. The van der Waals surface area contributed by atoms with Gasteiger partial charge in [-0.05, 0) is 63.1 Å². The Balaban J connectivity index is 2.09. The van der Waals surface area contributed by atoms with Crippen molar-refractivity contribution in [2.45, 2.75) is 39.8 Å². The number of benzene rings is 1. The van der Waals surface area contributed by atoms with Gasteiger partial charge in [-0.15, -0.1) is 0 Å². The van der Waals surface area contributed by atoms with E-state index in [1.54, 1.807) is 45.3 Å². The van der Waals surface area contributed by atoms with Crippen LogP contribution in [0.15, 0.2) is 36.7 Å². The molecule has 0 saturated carbocycles. The second-order valence-corrected chi connectivity index (χ2v) is 9.99. The predicted octanol–water partition coefficient (Wildman–Crippen LogP) is 3.98. The van der Waals surface area contributed by atoms with E-state index in [9.17, 15) is 17.6 Å². The van der Waals surface area contributed by atoms with Crippen molar-refractivity contribution in [3.05, 3.63) is 53.6 Å². The summed E-state index contributed by atoms with van der Waals surface area (Å²) in [6.07, 6.45) is 3.73. The molecule has 0 aliphatic carbocycles. The fourth-order valence-corrected chi connectivity index (χ4v) is 3.54. The third-order valence-corrected chi connectivity index (χ3v) is 4.93. The van der Waals surface area contributed by atoms with Gasteiger partial charge in [0.25, 0.3) is 0 Å². The maximum Gasteiger partial charge on any atom is 0.419 e. The number of aromatic nitrogens is 2. The number of hydrogen-bond donors (Lipinski definition) is 1. The van der Waals surface area contributed by atoms with Gasteiger partial charge < -0.3 is 4.74 Å². The minimum absolute atomic E-state index is 0.0441. The van der Waals surface area contributed by atoms with Crippen molar-refractivity contribution in [2.75, 3.05) is 6.26 Å². The fourth-order valence-electron chi connectivity index (χ4n) is 3.11. The van der Waals surface area contributed by atoms with Crippen molar-refractivity contribution in [1.29, 1.82) is 0 Å². The summed E-state index contributed by atoms with van der Waals surface area (Å²) in [4.78, 5) is 17.1. The molecule has 1 aromatic carbocycles. The van der Waals surface area contributed by atoms with Crippen molar-refractivity contribution in [2.24, 2.45) is 0 Å². The van der Waals surface area contributed by atoms with E-state index in [2.05, 4.69) is 9.71 Å². The van der Waals surface area contributed by atoms with Gasteiger partial charge in [-0.1, -0.05) is 0 Å². The number of nitrogens with zero attached hydrogens (tertiary/aromatic N) is 2. The first-order valence-corrected chi connectivity index (χ1v) is 11.2. The van der Waals surface area contributed by atoms with Gasteiger partial charge in [0.05, 0.1) is 17.5 Å². The quantitative estimate of drug-likeness (QED) is 0.672. The Kier molecular flexibility index (Phi) is 5.70. The zero-order valence-electron chi connectivity index (χ0n) is 17.5. The molecular weight excluding hydrogens is 409 g/mol. The lowest BCUT2D eigenvalue weighted by Crippen LogP contribution is -2.26. The van der Waals surface area contributed by atoms with Crippen LogP contribution in [0, 0.1) is 12.7 Å². The molecule has 7 nitrogen and oxygen atoms in total. The molecule has 0 fully saturated rings. The van der Waals surface area contributed by atoms with Crippen LogP contribution in [0.25, 0.3) is 22.2 Å². The van der Waals surface area contributed by atoms with Crippen LogP contribution in [0.1, 0.15) is 31.9 Å². The molecule has 3 rings (SSSR count). The third kappa shape index (κ3) is 5.03. The standard InChI is InChI=1S/C21H24FN3O4S/c1-13-11-23-18(15-8-14(9-16(22)10-15)12-24-30(5,27)28)17-6-7-25(19(13)17)20(26)29-21(2,3)4/h6-11,24H,12H2,1-5H3. The molecular formula is C21H24FN3O4S. The highest BCUT2D eigenvalue weighted by Gasteiger charge is 2.21. The third-order valence-electron chi connectivity index (χ3n) is 4.26. The fraction of sp³-hybridized carbons (Fsp3) is 0.333. The van der Waals surface area contributed by atoms with Gasteiger partial charge in [0.2, 0.25) is 10.0 Å². The van der Waals surface area contributed by atoms with E-state index in [4.69, 9.17) is 4.74 Å². The highest BCUT2D eigenvalue weighted by molar-refractivity contribution is 7.88. The second kappa shape index (κ2) is 7.81. The zero-order valence-corrected chi connectivity index (χ0v) is 18.3. The van der Waals surface area contributed by atoms with E-state index < -0.39 is 27.5 Å². The smallest absolute Gasteiger partial charge is 0.419 e. The van der Waals surface area contributed by atoms with Gasteiger partial charge in [0.1, 0.15) is 11.4 Å². The molecule has 0 atom stereocenters. The van der Waals surface area contributed by atoms with Crippen molar-refractivity contribution >= 4 is 27.0 Å². The summed E-state index contributed by atoms with van der Waals surface area (Å²) in [7, 11) is -3.42. The van der Waals surface area contributed by atoms with E-state index in [1.807, 2.05) is 6.92 Å². The van der Waals surface area contributed by atoms with Gasteiger partial charge in [0.15, 0.2) is 0 Å². The number of fused-ring (bicyclic) bond motifs is 1. The summed E-state index contributed by atoms with van der Waals surface area (Å²) in [5.41, 5.74) is 2.15. The van der Waals surface area contributed by atoms with Gasteiger partial charge in [-0.25, -0.2) is 22.3 Å². The molecule has 3 aromatic rings. The minimum atomic E-state index is -3.42. The van der Waals surface area contributed by atoms with Crippen LogP contribution < -0.4 is 4.72 Å². The monoisotopic (exact) mass is 433 g/mol. The van der Waals surface area contributed by atoms with Crippen LogP contribution >= 0.6 is 0 Å². The molecule has 0 amide bonds. The molecule has 0 aliphatic rings. The minimum Gasteiger partial charge on any atom is -0.443 e. The molecule has 0 aliphatic heterocycles. The number of carbonyl (C=O) groups is 1. The number of sulfonamides is 1. The molecule has 0 unspecified atom stereocenters. The molecule has 2 aromatic heterocycles. The number of rotatable bonds is 4. The summed E-state index contributed by atoms with van der Waals surface area (Å²) >= 11 is 0. The first-order chi connectivity index (χ1) is 13.8. The summed E-state index contributed by atoms with van der Waals surface area (Å²) in [5.74, 6) is -0.514. The Morgan fingerprint density at radius 3 is 2.60 bits per heavy atom. The summed E-state index contributed by atoms with van der Waals surface area (Å²) in [6, 6.07) is 5.99. The molecule has 0 saturated heterocycles. The van der Waals surface area contributed by atoms with Crippen molar-refractivity contribution < 1.29 is 22.3 Å². The summed E-state index contributed by atoms with van der Waals surface area (Å²) in [5, 5.41) is 0.661. The normalized spacial score (nSPS) is 12.3. The summed E-state index contributed by atoms with van der Waals surface area (Å²) in [6.45, 7) is 7.14. The van der Waals surface area contributed by atoms with Crippen LogP contribution in [-0.4, -0.2) is 35.9 Å². The predicted molar refractivity (Wildman–Crippen MR) is 113 cm³/mol. The Hall–Kier alpha value is -2.78. The average molecular weight is 434 g/mol. The van der Waals surface area contributed by atoms with Gasteiger partial charge in [-0.2, -0.15) is 0 Å². The molecule has 1 N–H and O–H groups in total. The lowest BCUT2D eigenvalue weighted by atomic mass is 10.0. The highest BCUT2D eigenvalue weighted by Crippen LogP contribution is 2.31. The Labute approximate surface area is 174 Å².